The number of carbonyl (C=O) groups is 2. The Hall–Kier alpha value is -2.78. The first-order valence-corrected chi connectivity index (χ1v) is 22.6. The Morgan fingerprint density at radius 1 is 0.520 bits per heavy atom. The maximum absolute atomic E-state index is 14.6. The van der Waals surface area contributed by atoms with Crippen LogP contribution in [-0.4, -0.2) is 21.6 Å². The summed E-state index contributed by atoms with van der Waals surface area (Å²) in [5, 5.41) is 4.35. The lowest BCUT2D eigenvalue weighted by Gasteiger charge is -2.28. The standard InChI is InChI=1S/C42H48N2O2S4/c1-3-5-7-9-11-13-15-17-19-27-25-43-35(39-31(27)37-29(49-39)21-23-47-37)33-34(41(43)45)36-40-32(38-30(50-40)22-24-48-38)28(26-44(36)42(33)46)20-18-16-14-12-10-8-6-4-2/h21-26H,3-20H2,1-2H3. The molecule has 0 N–H and O–H groups in total. The fraction of sp³-hybridized carbons (Fsp3) is 0.476. The van der Waals surface area contributed by atoms with Crippen LogP contribution in [0.15, 0.2) is 46.4 Å². The molecule has 0 aromatic carbocycles. The fourth-order valence-electron chi connectivity index (χ4n) is 8.31. The van der Waals surface area contributed by atoms with Gasteiger partial charge in [-0.05, 0) is 59.7 Å². The van der Waals surface area contributed by atoms with Gasteiger partial charge in [0, 0.05) is 32.9 Å². The Labute approximate surface area is 312 Å². The van der Waals surface area contributed by atoms with Gasteiger partial charge in [-0.2, -0.15) is 0 Å². The van der Waals surface area contributed by atoms with Crippen molar-refractivity contribution in [2.45, 2.75) is 129 Å². The zero-order chi connectivity index (χ0) is 34.2. The number of hydrogen-bond donors (Lipinski definition) is 0. The highest BCUT2D eigenvalue weighted by molar-refractivity contribution is 7.28. The molecule has 0 radical (unpaired) electrons. The summed E-state index contributed by atoms with van der Waals surface area (Å²) in [6.07, 6.45) is 26.6. The Morgan fingerprint density at radius 2 is 0.900 bits per heavy atom. The summed E-state index contributed by atoms with van der Waals surface area (Å²) in [4.78, 5) is 35.1. The second-order valence-electron chi connectivity index (χ2n) is 14.4. The summed E-state index contributed by atoms with van der Waals surface area (Å²) < 4.78 is 5.10. The first-order chi connectivity index (χ1) is 24.6. The van der Waals surface area contributed by atoms with Gasteiger partial charge in [0.05, 0.1) is 41.7 Å². The summed E-state index contributed by atoms with van der Waals surface area (Å²) in [6.45, 7) is 4.54. The van der Waals surface area contributed by atoms with Gasteiger partial charge in [-0.15, -0.1) is 45.3 Å². The van der Waals surface area contributed by atoms with Crippen LogP contribution in [0.25, 0.3) is 41.3 Å². The summed E-state index contributed by atoms with van der Waals surface area (Å²) in [7, 11) is 0. The third-order valence-electron chi connectivity index (χ3n) is 10.9. The van der Waals surface area contributed by atoms with Gasteiger partial charge in [0.2, 0.25) is 0 Å². The highest BCUT2D eigenvalue weighted by Gasteiger charge is 2.52. The molecule has 0 unspecified atom stereocenters. The van der Waals surface area contributed by atoms with Crippen molar-refractivity contribution in [3.05, 3.63) is 67.3 Å². The lowest BCUT2D eigenvalue weighted by Crippen LogP contribution is -2.27. The van der Waals surface area contributed by atoms with Crippen LogP contribution in [0.5, 0.6) is 0 Å². The topological polar surface area (TPSA) is 40.6 Å². The maximum Gasteiger partial charge on any atom is 0.265 e. The molecule has 0 spiro atoms. The number of rotatable bonds is 18. The number of allylic oxidation sites excluding steroid dienone is 2. The Morgan fingerprint density at radius 3 is 1.30 bits per heavy atom. The maximum atomic E-state index is 14.6. The quantitative estimate of drug-likeness (QED) is 0.0953. The van der Waals surface area contributed by atoms with Gasteiger partial charge in [-0.25, -0.2) is 0 Å². The molecule has 0 saturated heterocycles. The number of hydrogen-bond acceptors (Lipinski definition) is 6. The van der Waals surface area contributed by atoms with Gasteiger partial charge in [0.25, 0.3) is 11.8 Å². The van der Waals surface area contributed by atoms with E-state index in [4.69, 9.17) is 0 Å². The van der Waals surface area contributed by atoms with Crippen LogP contribution in [0.3, 0.4) is 0 Å². The van der Waals surface area contributed by atoms with Gasteiger partial charge < -0.3 is 0 Å². The summed E-state index contributed by atoms with van der Waals surface area (Å²) in [5.74, 6) is -0.0846. The van der Waals surface area contributed by atoms with E-state index in [1.807, 2.05) is 9.80 Å². The SMILES string of the molecule is CCCCCCCCCCC1=CN2C(=O)C3=C4c5sc6ccsc6c5C(CCCCCCCCCC)=CN4C(=O)C3=C2c2sc3ccsc3c21. The van der Waals surface area contributed by atoms with E-state index in [2.05, 4.69) is 49.1 Å². The van der Waals surface area contributed by atoms with Crippen molar-refractivity contribution < 1.29 is 9.59 Å². The molecule has 8 rings (SSSR count). The molecule has 4 aromatic heterocycles. The van der Waals surface area contributed by atoms with Crippen molar-refractivity contribution in [3.8, 4) is 0 Å². The first-order valence-electron chi connectivity index (χ1n) is 19.2. The first kappa shape index (κ1) is 34.3. The normalized spacial score (nSPS) is 16.5. The zero-order valence-electron chi connectivity index (χ0n) is 29.5. The summed E-state index contributed by atoms with van der Waals surface area (Å²) in [6, 6.07) is 4.40. The van der Waals surface area contributed by atoms with Crippen molar-refractivity contribution in [2.24, 2.45) is 0 Å². The molecule has 0 bridgehead atoms. The van der Waals surface area contributed by atoms with E-state index in [9.17, 15) is 9.59 Å². The molecule has 0 atom stereocenters. The smallest absolute Gasteiger partial charge is 0.265 e. The van der Waals surface area contributed by atoms with Crippen LogP contribution in [-0.2, 0) is 9.59 Å². The number of unbranched alkanes of at least 4 members (excludes halogenated alkanes) is 14. The van der Waals surface area contributed by atoms with Crippen LogP contribution in [0.1, 0.15) is 150 Å². The van der Waals surface area contributed by atoms with Gasteiger partial charge in [0.15, 0.2) is 0 Å². The largest absolute Gasteiger partial charge is 0.281 e. The van der Waals surface area contributed by atoms with E-state index in [-0.39, 0.29) is 11.8 Å². The van der Waals surface area contributed by atoms with Gasteiger partial charge in [-0.1, -0.05) is 104 Å². The Bertz CT molecular complexity index is 1910. The molecular formula is C42H48N2O2S4. The van der Waals surface area contributed by atoms with Crippen molar-refractivity contribution >= 4 is 98.5 Å². The second-order valence-corrected chi connectivity index (χ2v) is 18.3. The number of nitrogens with zero attached hydrogens (tertiary/aromatic N) is 2. The van der Waals surface area contributed by atoms with Crippen molar-refractivity contribution in [2.75, 3.05) is 0 Å². The minimum atomic E-state index is -0.0423. The molecule has 0 fully saturated rings. The predicted octanol–water partition coefficient (Wildman–Crippen LogP) is 13.8. The van der Waals surface area contributed by atoms with Gasteiger partial charge in [0.1, 0.15) is 0 Å². The predicted molar refractivity (Wildman–Crippen MR) is 217 cm³/mol. The number of carbonyl (C=O) groups excluding carboxylic acids is 2. The molecule has 50 heavy (non-hydrogen) atoms. The van der Waals surface area contributed by atoms with E-state index in [0.29, 0.717) is 11.1 Å². The molecule has 4 aromatic rings. The van der Waals surface area contributed by atoms with Crippen molar-refractivity contribution in [1.29, 1.82) is 0 Å². The zero-order valence-corrected chi connectivity index (χ0v) is 32.8. The van der Waals surface area contributed by atoms with Crippen LogP contribution in [0, 0.1) is 0 Å². The highest BCUT2D eigenvalue weighted by Crippen LogP contribution is 2.58. The third kappa shape index (κ3) is 6.02. The number of fused-ring (bicyclic) bond motifs is 11. The van der Waals surface area contributed by atoms with Gasteiger partial charge >= 0.3 is 0 Å². The third-order valence-corrected chi connectivity index (χ3v) is 15.3. The highest BCUT2D eigenvalue weighted by atomic mass is 32.1. The molecular weight excluding hydrogens is 693 g/mol. The lowest BCUT2D eigenvalue weighted by atomic mass is 9.95. The number of amides is 2. The molecule has 4 aliphatic heterocycles. The molecule has 8 heterocycles. The molecule has 0 aliphatic carbocycles. The van der Waals surface area contributed by atoms with Gasteiger partial charge in [-0.3, -0.25) is 19.4 Å². The Balaban J connectivity index is 1.10. The van der Waals surface area contributed by atoms with Crippen molar-refractivity contribution in [1.82, 2.24) is 9.80 Å². The lowest BCUT2D eigenvalue weighted by molar-refractivity contribution is -0.122. The Kier molecular flexibility index (Phi) is 10.3. The van der Waals surface area contributed by atoms with E-state index in [0.717, 1.165) is 46.8 Å². The average molecular weight is 741 g/mol. The van der Waals surface area contributed by atoms with Crippen molar-refractivity contribution in [3.63, 3.8) is 0 Å². The van der Waals surface area contributed by atoms with Crippen LogP contribution >= 0.6 is 45.3 Å². The second kappa shape index (κ2) is 15.1. The molecule has 262 valence electrons. The van der Waals surface area contributed by atoms with E-state index in [1.165, 1.54) is 131 Å². The van der Waals surface area contributed by atoms with E-state index >= 15 is 0 Å². The minimum absolute atomic E-state index is 0.0423. The molecule has 2 amide bonds. The van der Waals surface area contributed by atoms with Crippen LogP contribution in [0.2, 0.25) is 0 Å². The monoisotopic (exact) mass is 740 g/mol. The number of thiophene rings is 4. The molecule has 4 aliphatic rings. The average Bonchev–Trinajstić information content (AvgIpc) is 3.95. The summed E-state index contributed by atoms with van der Waals surface area (Å²) in [5.41, 5.74) is 7.88. The van der Waals surface area contributed by atoms with E-state index < -0.39 is 0 Å². The van der Waals surface area contributed by atoms with E-state index in [1.54, 1.807) is 45.3 Å². The fourth-order valence-corrected chi connectivity index (χ4v) is 13.3. The molecule has 4 nitrogen and oxygen atoms in total. The van der Waals surface area contributed by atoms with Crippen LogP contribution in [0.4, 0.5) is 0 Å². The molecule has 8 heteroatoms. The van der Waals surface area contributed by atoms with Crippen LogP contribution < -0.4 is 0 Å². The minimum Gasteiger partial charge on any atom is -0.281 e. The molecule has 0 saturated carbocycles. The summed E-state index contributed by atoms with van der Waals surface area (Å²) >= 11 is 7.08.